The van der Waals surface area contributed by atoms with E-state index in [1.807, 2.05) is 6.08 Å². The van der Waals surface area contributed by atoms with Crippen LogP contribution in [0.25, 0.3) is 0 Å². The van der Waals surface area contributed by atoms with Gasteiger partial charge in [0.05, 0.1) is 8.07 Å². The van der Waals surface area contributed by atoms with E-state index in [0.29, 0.717) is 5.03 Å². The molecule has 0 atom stereocenters. The van der Waals surface area contributed by atoms with Crippen LogP contribution in [0.2, 0.25) is 18.1 Å². The first-order valence-corrected chi connectivity index (χ1v) is 8.24. The lowest BCUT2D eigenvalue weighted by Crippen LogP contribution is -2.33. The summed E-state index contributed by atoms with van der Waals surface area (Å²) in [6, 6.07) is 3.79. The van der Waals surface area contributed by atoms with Gasteiger partial charge < -0.3 is 0 Å². The Morgan fingerprint density at radius 2 is 1.50 bits per heavy atom. The average Bonchev–Trinajstić information content (AvgIpc) is 2.18. The maximum absolute atomic E-state index is 5.69. The summed E-state index contributed by atoms with van der Waals surface area (Å²) in [4.78, 5) is 0. The first kappa shape index (κ1) is 13.7. The molecule has 0 unspecified atom stereocenters. The molecule has 0 spiro atoms. The van der Waals surface area contributed by atoms with Crippen molar-refractivity contribution in [1.82, 2.24) is 0 Å². The van der Waals surface area contributed by atoms with Gasteiger partial charge in [0.15, 0.2) is 0 Å². The Kier molecular flexibility index (Phi) is 6.13. The summed E-state index contributed by atoms with van der Waals surface area (Å²) in [5.41, 5.74) is 0. The number of allylic oxidation sites excluding steroid dienone is 4. The maximum atomic E-state index is 5.69. The highest BCUT2D eigenvalue weighted by molar-refractivity contribution is 6.86. The van der Waals surface area contributed by atoms with Gasteiger partial charge in [0.2, 0.25) is 0 Å². The van der Waals surface area contributed by atoms with E-state index in [1.54, 1.807) is 0 Å². The second kappa shape index (κ2) is 6.26. The van der Waals surface area contributed by atoms with E-state index in [9.17, 15) is 0 Å². The third-order valence-corrected chi connectivity index (χ3v) is 8.89. The summed E-state index contributed by atoms with van der Waals surface area (Å²) in [6.07, 6.45) is 3.91. The molecule has 0 aliphatic rings. The Labute approximate surface area is 94.4 Å². The summed E-state index contributed by atoms with van der Waals surface area (Å²) in [7, 11) is -1.27. The Morgan fingerprint density at radius 3 is 1.79 bits per heavy atom. The van der Waals surface area contributed by atoms with Crippen molar-refractivity contribution in [2.45, 2.75) is 38.9 Å². The van der Waals surface area contributed by atoms with E-state index >= 15 is 0 Å². The smallest absolute Gasteiger partial charge is 0.0851 e. The summed E-state index contributed by atoms with van der Waals surface area (Å²) in [6.45, 7) is 14.6. The molecule has 0 saturated carbocycles. The molecule has 0 heterocycles. The zero-order valence-corrected chi connectivity index (χ0v) is 11.3. The third kappa shape index (κ3) is 3.47. The number of hydrogen-bond donors (Lipinski definition) is 0. The van der Waals surface area contributed by atoms with E-state index in [0.717, 1.165) is 0 Å². The molecule has 0 bridgehead atoms. The van der Waals surface area contributed by atoms with Crippen LogP contribution in [-0.4, -0.2) is 8.07 Å². The lowest BCUT2D eigenvalue weighted by Gasteiger charge is -2.28. The topological polar surface area (TPSA) is 0 Å². The molecule has 0 aliphatic carbocycles. The SMILES string of the molecule is C=C(Cl)/C=C\C(=C)[Si](CC)(CC)CC. The molecule has 0 amide bonds. The van der Waals surface area contributed by atoms with Crippen LogP contribution in [0, 0.1) is 0 Å². The second-order valence-electron chi connectivity index (χ2n) is 3.65. The van der Waals surface area contributed by atoms with Crippen LogP contribution in [-0.2, 0) is 0 Å². The first-order valence-electron chi connectivity index (χ1n) is 5.24. The van der Waals surface area contributed by atoms with E-state index < -0.39 is 8.07 Å². The normalized spacial score (nSPS) is 12.0. The van der Waals surface area contributed by atoms with Gasteiger partial charge in [0.1, 0.15) is 0 Å². The molecule has 0 nitrogen and oxygen atoms in total. The minimum absolute atomic E-state index is 0.581. The van der Waals surface area contributed by atoms with E-state index in [4.69, 9.17) is 11.6 Å². The van der Waals surface area contributed by atoms with Gasteiger partial charge in [-0.15, -0.1) is 0 Å². The summed E-state index contributed by atoms with van der Waals surface area (Å²) < 4.78 is 0. The van der Waals surface area contributed by atoms with Crippen molar-refractivity contribution < 1.29 is 0 Å². The number of hydrogen-bond acceptors (Lipinski definition) is 0. The summed E-state index contributed by atoms with van der Waals surface area (Å²) >= 11 is 5.69. The molecule has 0 aromatic carbocycles. The Hall–Kier alpha value is -0.273. The van der Waals surface area contributed by atoms with Crippen LogP contribution in [0.4, 0.5) is 0 Å². The first-order chi connectivity index (χ1) is 6.52. The van der Waals surface area contributed by atoms with Gasteiger partial charge in [-0.05, 0) is 6.08 Å². The van der Waals surface area contributed by atoms with Crippen LogP contribution < -0.4 is 0 Å². The van der Waals surface area contributed by atoms with Crippen molar-refractivity contribution in [2.24, 2.45) is 0 Å². The van der Waals surface area contributed by atoms with Crippen molar-refractivity contribution in [1.29, 1.82) is 0 Å². The van der Waals surface area contributed by atoms with Crippen LogP contribution in [0.3, 0.4) is 0 Å². The zero-order chi connectivity index (χ0) is 11.2. The van der Waals surface area contributed by atoms with Crippen molar-refractivity contribution in [2.75, 3.05) is 0 Å². The van der Waals surface area contributed by atoms with Crippen molar-refractivity contribution in [3.63, 3.8) is 0 Å². The second-order valence-corrected chi connectivity index (χ2v) is 9.46. The third-order valence-electron chi connectivity index (χ3n) is 3.18. The fourth-order valence-electron chi connectivity index (χ4n) is 1.80. The van der Waals surface area contributed by atoms with Gasteiger partial charge in [0, 0.05) is 5.03 Å². The lowest BCUT2D eigenvalue weighted by molar-refractivity contribution is 1.18. The molecular weight excluding hydrogens is 208 g/mol. The average molecular weight is 229 g/mol. The maximum Gasteiger partial charge on any atom is 0.0851 e. The van der Waals surface area contributed by atoms with E-state index in [-0.39, 0.29) is 0 Å². The molecule has 0 aliphatic heterocycles. The molecule has 0 aromatic rings. The van der Waals surface area contributed by atoms with Gasteiger partial charge in [-0.25, -0.2) is 0 Å². The van der Waals surface area contributed by atoms with Gasteiger partial charge >= 0.3 is 0 Å². The van der Waals surface area contributed by atoms with Gasteiger partial charge in [-0.3, -0.25) is 0 Å². The fraction of sp³-hybridized carbons (Fsp3) is 0.500. The van der Waals surface area contributed by atoms with E-state index in [1.165, 1.54) is 23.3 Å². The minimum atomic E-state index is -1.27. The minimum Gasteiger partial charge on any atom is -0.0998 e. The molecule has 0 fully saturated rings. The Bertz CT molecular complexity index is 228. The highest BCUT2D eigenvalue weighted by atomic mass is 35.5. The Balaban J connectivity index is 4.68. The highest BCUT2D eigenvalue weighted by Crippen LogP contribution is 2.28. The molecule has 0 rings (SSSR count). The van der Waals surface area contributed by atoms with Crippen LogP contribution in [0.15, 0.2) is 35.5 Å². The molecule has 0 aromatic heterocycles. The van der Waals surface area contributed by atoms with Gasteiger partial charge in [-0.1, -0.05) is 74.9 Å². The van der Waals surface area contributed by atoms with E-state index in [2.05, 4.69) is 40.0 Å². The zero-order valence-electron chi connectivity index (χ0n) is 9.57. The predicted molar refractivity (Wildman–Crippen MR) is 70.5 cm³/mol. The molecular formula is C12H21ClSi. The summed E-state index contributed by atoms with van der Waals surface area (Å²) in [5, 5.41) is 1.88. The van der Waals surface area contributed by atoms with Gasteiger partial charge in [-0.2, -0.15) is 0 Å². The van der Waals surface area contributed by atoms with Crippen LogP contribution >= 0.6 is 11.6 Å². The Morgan fingerprint density at radius 1 is 1.07 bits per heavy atom. The molecule has 80 valence electrons. The number of halogens is 1. The summed E-state index contributed by atoms with van der Waals surface area (Å²) in [5.74, 6) is 0. The molecule has 0 N–H and O–H groups in total. The largest absolute Gasteiger partial charge is 0.0998 e. The van der Waals surface area contributed by atoms with Gasteiger partial charge in [0.25, 0.3) is 0 Å². The quantitative estimate of drug-likeness (QED) is 0.448. The molecule has 0 saturated heterocycles. The van der Waals surface area contributed by atoms with Crippen LogP contribution in [0.1, 0.15) is 20.8 Å². The highest BCUT2D eigenvalue weighted by Gasteiger charge is 2.28. The monoisotopic (exact) mass is 228 g/mol. The van der Waals surface area contributed by atoms with Crippen molar-refractivity contribution in [3.8, 4) is 0 Å². The number of rotatable bonds is 6. The molecule has 14 heavy (non-hydrogen) atoms. The lowest BCUT2D eigenvalue weighted by atomic mass is 10.5. The fourth-order valence-corrected chi connectivity index (χ4v) is 5.16. The van der Waals surface area contributed by atoms with Crippen molar-refractivity contribution in [3.05, 3.63) is 35.5 Å². The molecule has 0 radical (unpaired) electrons. The predicted octanol–water partition coefficient (Wildman–Crippen LogP) is 4.90. The van der Waals surface area contributed by atoms with Crippen LogP contribution in [0.5, 0.6) is 0 Å². The standard InChI is InChI=1S/C12H21ClSi/c1-6-14(7-2,8-3)12(5)10-9-11(4)13/h9-10H,4-8H2,1-3H3/b10-9-. The molecule has 2 heteroatoms. The van der Waals surface area contributed by atoms with Crippen molar-refractivity contribution >= 4 is 19.7 Å².